The van der Waals surface area contributed by atoms with E-state index in [1.807, 2.05) is 20.8 Å². The number of amides is 1. The van der Waals surface area contributed by atoms with E-state index in [1.54, 1.807) is 34.7 Å². The minimum absolute atomic E-state index is 0.210. The Morgan fingerprint density at radius 3 is 2.44 bits per heavy atom. The fourth-order valence-electron chi connectivity index (χ4n) is 2.70. The summed E-state index contributed by atoms with van der Waals surface area (Å²) in [5, 5.41) is 11.5. The van der Waals surface area contributed by atoms with Crippen molar-refractivity contribution in [2.45, 2.75) is 27.3 Å². The van der Waals surface area contributed by atoms with Crippen molar-refractivity contribution in [2.24, 2.45) is 7.05 Å². The first-order chi connectivity index (χ1) is 11.9. The number of anilines is 1. The molecule has 0 unspecified atom stereocenters. The predicted octanol–water partition coefficient (Wildman–Crippen LogP) is 2.98. The van der Waals surface area contributed by atoms with E-state index in [0.717, 1.165) is 22.6 Å². The number of hydrogen-bond acceptors (Lipinski definition) is 3. The van der Waals surface area contributed by atoms with E-state index >= 15 is 0 Å². The Labute approximate surface area is 145 Å². The summed E-state index contributed by atoms with van der Waals surface area (Å²) in [6.07, 6.45) is 1.55. The van der Waals surface area contributed by atoms with Crippen LogP contribution < -0.4 is 5.32 Å². The molecule has 25 heavy (non-hydrogen) atoms. The van der Waals surface area contributed by atoms with Crippen LogP contribution in [0.2, 0.25) is 0 Å². The molecule has 0 saturated heterocycles. The van der Waals surface area contributed by atoms with Crippen LogP contribution in [0.15, 0.2) is 30.5 Å². The molecule has 3 rings (SSSR count). The smallest absolute Gasteiger partial charge is 0.259 e. The van der Waals surface area contributed by atoms with Crippen LogP contribution in [0, 0.1) is 26.6 Å². The summed E-state index contributed by atoms with van der Waals surface area (Å²) in [5.41, 5.74) is 4.54. The number of nitrogens with zero attached hydrogens (tertiary/aromatic N) is 4. The highest BCUT2D eigenvalue weighted by molar-refractivity contribution is 6.05. The van der Waals surface area contributed by atoms with Crippen molar-refractivity contribution in [2.75, 3.05) is 5.32 Å². The number of rotatable bonds is 4. The highest BCUT2D eigenvalue weighted by atomic mass is 19.1. The first-order valence-corrected chi connectivity index (χ1v) is 7.95. The van der Waals surface area contributed by atoms with Crippen LogP contribution in [0.3, 0.4) is 0 Å². The third-order valence-corrected chi connectivity index (χ3v) is 4.35. The van der Waals surface area contributed by atoms with Gasteiger partial charge in [-0.2, -0.15) is 10.2 Å². The summed E-state index contributed by atoms with van der Waals surface area (Å²) in [7, 11) is 1.79. The normalized spacial score (nSPS) is 10.9. The Kier molecular flexibility index (Phi) is 4.39. The van der Waals surface area contributed by atoms with E-state index in [9.17, 15) is 9.18 Å². The molecular weight excluding hydrogens is 321 g/mol. The Balaban J connectivity index is 1.83. The predicted molar refractivity (Wildman–Crippen MR) is 93.1 cm³/mol. The second-order valence-electron chi connectivity index (χ2n) is 6.05. The van der Waals surface area contributed by atoms with Gasteiger partial charge in [0.2, 0.25) is 0 Å². The maximum absolute atomic E-state index is 13.0. The third kappa shape index (κ3) is 3.31. The van der Waals surface area contributed by atoms with Gasteiger partial charge in [-0.15, -0.1) is 0 Å². The van der Waals surface area contributed by atoms with Gasteiger partial charge in [-0.1, -0.05) is 12.1 Å². The Bertz CT molecular complexity index is 924. The average Bonchev–Trinajstić information content (AvgIpc) is 3.04. The number of carbonyl (C=O) groups excluding carboxylic acids is 1. The van der Waals surface area contributed by atoms with Crippen molar-refractivity contribution in [3.8, 4) is 0 Å². The van der Waals surface area contributed by atoms with Gasteiger partial charge in [0.1, 0.15) is 5.82 Å². The highest BCUT2D eigenvalue weighted by Crippen LogP contribution is 2.22. The van der Waals surface area contributed by atoms with Gasteiger partial charge in [0.05, 0.1) is 35.4 Å². The molecule has 2 aromatic heterocycles. The molecule has 1 amide bonds. The zero-order valence-corrected chi connectivity index (χ0v) is 14.7. The molecule has 2 heterocycles. The van der Waals surface area contributed by atoms with E-state index < -0.39 is 0 Å². The van der Waals surface area contributed by atoms with Crippen LogP contribution in [-0.2, 0) is 13.6 Å². The van der Waals surface area contributed by atoms with Crippen LogP contribution in [0.4, 0.5) is 10.1 Å². The number of aromatic nitrogens is 4. The van der Waals surface area contributed by atoms with E-state index in [1.165, 1.54) is 12.1 Å². The Hall–Kier alpha value is -2.96. The molecule has 0 fully saturated rings. The quantitative estimate of drug-likeness (QED) is 0.793. The van der Waals surface area contributed by atoms with Crippen molar-refractivity contribution < 1.29 is 9.18 Å². The summed E-state index contributed by atoms with van der Waals surface area (Å²) in [5.74, 6) is -0.477. The summed E-state index contributed by atoms with van der Waals surface area (Å²) in [4.78, 5) is 12.5. The minimum Gasteiger partial charge on any atom is -0.319 e. The van der Waals surface area contributed by atoms with Gasteiger partial charge in [-0.05, 0) is 38.5 Å². The molecule has 1 N–H and O–H groups in total. The van der Waals surface area contributed by atoms with Gasteiger partial charge in [0.25, 0.3) is 5.91 Å². The topological polar surface area (TPSA) is 64.7 Å². The number of benzene rings is 1. The van der Waals surface area contributed by atoms with E-state index in [-0.39, 0.29) is 11.7 Å². The van der Waals surface area contributed by atoms with E-state index in [2.05, 4.69) is 15.5 Å². The summed E-state index contributed by atoms with van der Waals surface area (Å²) < 4.78 is 16.5. The monoisotopic (exact) mass is 341 g/mol. The van der Waals surface area contributed by atoms with Gasteiger partial charge in [-0.25, -0.2) is 4.39 Å². The average molecular weight is 341 g/mol. The third-order valence-electron chi connectivity index (χ3n) is 4.35. The largest absolute Gasteiger partial charge is 0.319 e. The number of hydrogen-bond donors (Lipinski definition) is 1. The van der Waals surface area contributed by atoms with E-state index in [0.29, 0.717) is 17.8 Å². The molecule has 0 radical (unpaired) electrons. The van der Waals surface area contributed by atoms with E-state index in [4.69, 9.17) is 0 Å². The SMILES string of the molecule is Cc1nn(Cc2ccc(F)cc2)c(C)c1NC(=O)c1cnn(C)c1C. The van der Waals surface area contributed by atoms with Crippen molar-refractivity contribution in [1.29, 1.82) is 0 Å². The molecule has 0 aliphatic rings. The summed E-state index contributed by atoms with van der Waals surface area (Å²) in [6, 6.07) is 6.30. The fourth-order valence-corrected chi connectivity index (χ4v) is 2.70. The molecule has 130 valence electrons. The zero-order valence-electron chi connectivity index (χ0n) is 14.7. The van der Waals surface area contributed by atoms with Gasteiger partial charge < -0.3 is 5.32 Å². The molecule has 7 heteroatoms. The lowest BCUT2D eigenvalue weighted by Crippen LogP contribution is -2.14. The number of nitrogens with one attached hydrogen (secondary N) is 1. The number of carbonyl (C=O) groups is 1. The van der Waals surface area contributed by atoms with Crippen LogP contribution >= 0.6 is 0 Å². The molecule has 0 spiro atoms. The Morgan fingerprint density at radius 1 is 1.16 bits per heavy atom. The van der Waals surface area contributed by atoms with Crippen LogP contribution in [0.25, 0.3) is 0 Å². The van der Waals surface area contributed by atoms with Crippen LogP contribution in [0.5, 0.6) is 0 Å². The van der Waals surface area contributed by atoms with Crippen molar-refractivity contribution >= 4 is 11.6 Å². The maximum atomic E-state index is 13.0. The molecule has 0 atom stereocenters. The minimum atomic E-state index is -0.267. The lowest BCUT2D eigenvalue weighted by atomic mass is 10.2. The number of aryl methyl sites for hydroxylation is 2. The summed E-state index contributed by atoms with van der Waals surface area (Å²) in [6.45, 7) is 6.10. The lowest BCUT2D eigenvalue weighted by molar-refractivity contribution is 0.102. The highest BCUT2D eigenvalue weighted by Gasteiger charge is 2.18. The van der Waals surface area contributed by atoms with Crippen LogP contribution in [0.1, 0.15) is 33.0 Å². The molecule has 3 aromatic rings. The molecule has 0 saturated carbocycles. The van der Waals surface area contributed by atoms with Crippen LogP contribution in [-0.4, -0.2) is 25.5 Å². The fraction of sp³-hybridized carbons (Fsp3) is 0.278. The van der Waals surface area contributed by atoms with Gasteiger partial charge in [0.15, 0.2) is 0 Å². The molecule has 0 aliphatic heterocycles. The lowest BCUT2D eigenvalue weighted by Gasteiger charge is -2.07. The molecule has 0 aliphatic carbocycles. The first-order valence-electron chi connectivity index (χ1n) is 7.95. The molecule has 0 bridgehead atoms. The van der Waals surface area contributed by atoms with Crippen molar-refractivity contribution in [1.82, 2.24) is 19.6 Å². The van der Waals surface area contributed by atoms with Gasteiger partial charge in [-0.3, -0.25) is 14.2 Å². The first kappa shape index (κ1) is 16.9. The van der Waals surface area contributed by atoms with Crippen molar-refractivity contribution in [3.05, 3.63) is 64.5 Å². The van der Waals surface area contributed by atoms with Gasteiger partial charge in [0, 0.05) is 12.7 Å². The Morgan fingerprint density at radius 2 is 1.84 bits per heavy atom. The molecule has 6 nitrogen and oxygen atoms in total. The molecular formula is C18H20FN5O. The molecule has 1 aromatic carbocycles. The standard InChI is InChI=1S/C18H20FN5O/c1-11-17(21-18(25)16-9-20-23(4)12(16)2)13(3)24(22-11)10-14-5-7-15(19)8-6-14/h5-9H,10H2,1-4H3,(H,21,25). The van der Waals surface area contributed by atoms with Crippen molar-refractivity contribution in [3.63, 3.8) is 0 Å². The second kappa shape index (κ2) is 6.51. The summed E-state index contributed by atoms with van der Waals surface area (Å²) >= 11 is 0. The maximum Gasteiger partial charge on any atom is 0.259 e. The van der Waals surface area contributed by atoms with Gasteiger partial charge >= 0.3 is 0 Å². The zero-order chi connectivity index (χ0) is 18.1. The second-order valence-corrected chi connectivity index (χ2v) is 6.05. The number of halogens is 1.